The molecular formula is C13H8FN3O2. The fourth-order valence-electron chi connectivity index (χ4n) is 1.88. The van der Waals surface area contributed by atoms with Crippen molar-refractivity contribution in [3.8, 4) is 11.3 Å². The Balaban J connectivity index is 2.22. The molecule has 0 fully saturated rings. The fraction of sp³-hybridized carbons (Fsp3) is 0. The molecule has 5 nitrogen and oxygen atoms in total. The molecule has 0 aliphatic rings. The molecule has 3 aromatic rings. The lowest BCUT2D eigenvalue weighted by atomic mass is 10.2. The van der Waals surface area contributed by atoms with Crippen molar-refractivity contribution in [1.82, 2.24) is 14.4 Å². The summed E-state index contributed by atoms with van der Waals surface area (Å²) in [6, 6.07) is 6.07. The second-order valence-corrected chi connectivity index (χ2v) is 3.96. The first-order valence-corrected chi connectivity index (χ1v) is 5.47. The standard InChI is InChI=1S/C13H8FN3O2/c14-9-4-8(5-15-6-9)10-7-17-11(13(18)19)2-1-3-12(17)16-10/h1-7H,(H,18,19). The summed E-state index contributed by atoms with van der Waals surface area (Å²) in [5.41, 5.74) is 1.56. The van der Waals surface area contributed by atoms with Crippen LogP contribution in [0.5, 0.6) is 0 Å². The normalized spacial score (nSPS) is 10.8. The molecule has 94 valence electrons. The van der Waals surface area contributed by atoms with Crippen LogP contribution in [0.25, 0.3) is 16.9 Å². The van der Waals surface area contributed by atoms with Crippen molar-refractivity contribution >= 4 is 11.6 Å². The van der Waals surface area contributed by atoms with Gasteiger partial charge in [-0.1, -0.05) is 6.07 Å². The summed E-state index contributed by atoms with van der Waals surface area (Å²) in [5.74, 6) is -1.51. The molecule has 0 spiro atoms. The maximum Gasteiger partial charge on any atom is 0.352 e. The van der Waals surface area contributed by atoms with Crippen molar-refractivity contribution < 1.29 is 14.3 Å². The first kappa shape index (κ1) is 11.3. The highest BCUT2D eigenvalue weighted by molar-refractivity contribution is 5.86. The average molecular weight is 257 g/mol. The monoisotopic (exact) mass is 257 g/mol. The predicted octanol–water partition coefficient (Wildman–Crippen LogP) is 2.23. The van der Waals surface area contributed by atoms with Crippen molar-refractivity contribution in [2.75, 3.05) is 0 Å². The average Bonchev–Trinajstić information content (AvgIpc) is 2.82. The van der Waals surface area contributed by atoms with Crippen LogP contribution in [0.1, 0.15) is 10.5 Å². The highest BCUT2D eigenvalue weighted by Crippen LogP contribution is 2.20. The second-order valence-electron chi connectivity index (χ2n) is 3.96. The molecule has 0 aliphatic heterocycles. The molecule has 19 heavy (non-hydrogen) atoms. The van der Waals surface area contributed by atoms with Crippen LogP contribution in [-0.4, -0.2) is 25.4 Å². The Labute approximate surface area is 107 Å². The summed E-state index contributed by atoms with van der Waals surface area (Å²) in [4.78, 5) is 19.1. The molecular weight excluding hydrogens is 249 g/mol. The third kappa shape index (κ3) is 1.93. The zero-order valence-corrected chi connectivity index (χ0v) is 9.62. The first-order chi connectivity index (χ1) is 9.15. The number of nitrogens with zero attached hydrogens (tertiary/aromatic N) is 3. The van der Waals surface area contributed by atoms with Gasteiger partial charge in [0, 0.05) is 18.0 Å². The van der Waals surface area contributed by atoms with E-state index in [0.29, 0.717) is 16.9 Å². The zero-order valence-electron chi connectivity index (χ0n) is 9.62. The minimum absolute atomic E-state index is 0.0978. The van der Waals surface area contributed by atoms with E-state index in [1.807, 2.05) is 0 Å². The van der Waals surface area contributed by atoms with Crippen molar-refractivity contribution in [1.29, 1.82) is 0 Å². The van der Waals surface area contributed by atoms with E-state index in [2.05, 4.69) is 9.97 Å². The number of aromatic nitrogens is 3. The number of pyridine rings is 2. The quantitative estimate of drug-likeness (QED) is 0.764. The lowest BCUT2D eigenvalue weighted by Crippen LogP contribution is -2.03. The van der Waals surface area contributed by atoms with Gasteiger partial charge in [-0.3, -0.25) is 9.38 Å². The van der Waals surface area contributed by atoms with Crippen molar-refractivity contribution in [3.05, 3.63) is 54.4 Å². The van der Waals surface area contributed by atoms with Crippen LogP contribution in [0.4, 0.5) is 4.39 Å². The zero-order chi connectivity index (χ0) is 13.4. The van der Waals surface area contributed by atoms with Gasteiger partial charge in [0.25, 0.3) is 0 Å². The second kappa shape index (κ2) is 4.16. The molecule has 0 amide bonds. The summed E-state index contributed by atoms with van der Waals surface area (Å²) in [7, 11) is 0. The van der Waals surface area contributed by atoms with Gasteiger partial charge in [0.1, 0.15) is 17.2 Å². The Kier molecular flexibility index (Phi) is 2.49. The Morgan fingerprint density at radius 1 is 1.32 bits per heavy atom. The van der Waals surface area contributed by atoms with Gasteiger partial charge in [-0.15, -0.1) is 0 Å². The summed E-state index contributed by atoms with van der Waals surface area (Å²) >= 11 is 0. The molecule has 0 radical (unpaired) electrons. The number of hydrogen-bond donors (Lipinski definition) is 1. The number of carboxylic acids is 1. The maximum atomic E-state index is 13.1. The number of hydrogen-bond acceptors (Lipinski definition) is 3. The molecule has 0 saturated heterocycles. The third-order valence-electron chi connectivity index (χ3n) is 2.71. The summed E-state index contributed by atoms with van der Waals surface area (Å²) in [5, 5.41) is 9.09. The largest absolute Gasteiger partial charge is 0.477 e. The van der Waals surface area contributed by atoms with Crippen LogP contribution < -0.4 is 0 Å². The molecule has 0 aromatic carbocycles. The molecule has 0 unspecified atom stereocenters. The van der Waals surface area contributed by atoms with E-state index in [1.54, 1.807) is 18.3 Å². The van der Waals surface area contributed by atoms with E-state index in [4.69, 9.17) is 5.11 Å². The van der Waals surface area contributed by atoms with E-state index in [1.165, 1.54) is 22.7 Å². The van der Waals surface area contributed by atoms with E-state index >= 15 is 0 Å². The van der Waals surface area contributed by atoms with Gasteiger partial charge in [-0.25, -0.2) is 14.2 Å². The van der Waals surface area contributed by atoms with Crippen LogP contribution in [0.15, 0.2) is 42.9 Å². The van der Waals surface area contributed by atoms with Gasteiger partial charge < -0.3 is 5.11 Å². The number of halogens is 1. The van der Waals surface area contributed by atoms with Crippen molar-refractivity contribution in [3.63, 3.8) is 0 Å². The third-order valence-corrected chi connectivity index (χ3v) is 2.71. The number of imidazole rings is 1. The highest BCUT2D eigenvalue weighted by atomic mass is 19.1. The van der Waals surface area contributed by atoms with Gasteiger partial charge in [0.2, 0.25) is 0 Å². The number of fused-ring (bicyclic) bond motifs is 1. The molecule has 6 heteroatoms. The van der Waals surface area contributed by atoms with E-state index in [9.17, 15) is 9.18 Å². The van der Waals surface area contributed by atoms with Crippen LogP contribution in [0.2, 0.25) is 0 Å². The molecule has 0 aliphatic carbocycles. The predicted molar refractivity (Wildman–Crippen MR) is 65.3 cm³/mol. The molecule has 0 saturated carbocycles. The minimum atomic E-state index is -1.05. The van der Waals surface area contributed by atoms with Gasteiger partial charge in [-0.2, -0.15) is 0 Å². The van der Waals surface area contributed by atoms with E-state index in [-0.39, 0.29) is 5.69 Å². The van der Waals surface area contributed by atoms with Gasteiger partial charge >= 0.3 is 5.97 Å². The Morgan fingerprint density at radius 3 is 2.89 bits per heavy atom. The summed E-state index contributed by atoms with van der Waals surface area (Å²) in [6.07, 6.45) is 4.13. The number of rotatable bonds is 2. The SMILES string of the molecule is O=C(O)c1cccc2nc(-c3cncc(F)c3)cn12. The van der Waals surface area contributed by atoms with Crippen molar-refractivity contribution in [2.24, 2.45) is 0 Å². The first-order valence-electron chi connectivity index (χ1n) is 5.47. The van der Waals surface area contributed by atoms with Crippen LogP contribution in [-0.2, 0) is 0 Å². The Hall–Kier alpha value is -2.76. The molecule has 0 bridgehead atoms. The molecule has 3 heterocycles. The summed E-state index contributed by atoms with van der Waals surface area (Å²) < 4.78 is 14.6. The number of carboxylic acid groups (broad SMARTS) is 1. The fourth-order valence-corrected chi connectivity index (χ4v) is 1.88. The lowest BCUT2D eigenvalue weighted by Gasteiger charge is -1.98. The molecule has 3 aromatic heterocycles. The summed E-state index contributed by atoms with van der Waals surface area (Å²) in [6.45, 7) is 0. The maximum absolute atomic E-state index is 13.1. The van der Waals surface area contributed by atoms with E-state index in [0.717, 1.165) is 6.20 Å². The van der Waals surface area contributed by atoms with Crippen LogP contribution >= 0.6 is 0 Å². The highest BCUT2D eigenvalue weighted by Gasteiger charge is 2.11. The number of carbonyl (C=O) groups is 1. The van der Waals surface area contributed by atoms with Gasteiger partial charge in [0.05, 0.1) is 11.9 Å². The Bertz CT molecular complexity index is 782. The van der Waals surface area contributed by atoms with Crippen molar-refractivity contribution in [2.45, 2.75) is 0 Å². The van der Waals surface area contributed by atoms with Gasteiger partial charge in [-0.05, 0) is 18.2 Å². The van der Waals surface area contributed by atoms with Gasteiger partial charge in [0.15, 0.2) is 0 Å². The molecule has 3 rings (SSSR count). The van der Waals surface area contributed by atoms with E-state index < -0.39 is 11.8 Å². The lowest BCUT2D eigenvalue weighted by molar-refractivity contribution is 0.0689. The molecule has 0 atom stereocenters. The minimum Gasteiger partial charge on any atom is -0.477 e. The van der Waals surface area contributed by atoms with Crippen LogP contribution in [0, 0.1) is 5.82 Å². The molecule has 1 N–H and O–H groups in total. The topological polar surface area (TPSA) is 67.5 Å². The number of aromatic carboxylic acids is 1. The smallest absolute Gasteiger partial charge is 0.352 e. The van der Waals surface area contributed by atoms with Crippen LogP contribution in [0.3, 0.4) is 0 Å². The Morgan fingerprint density at radius 2 is 2.16 bits per heavy atom.